The average Bonchev–Trinajstić information content (AvgIpc) is 2.67. The first-order valence-electron chi connectivity index (χ1n) is 8.89. The number of hydrogen-bond acceptors (Lipinski definition) is 4. The molecule has 0 bridgehead atoms. The highest BCUT2D eigenvalue weighted by atomic mass is 16.4. The standard InChI is InChI=1S/C18H28N6O4/c1-12(24(2)18(27)28)11-22-16(26)14(9-6-10-21-17(19)20)23-15(25)13-7-4-3-5-8-13/h3-5,7-8,12,14H,6,9-11H2,1-2H3,(H,22,26)(H,23,25)(H,27,28)(H4,19,20,21)/t12?,14-/m0/s1. The molecule has 0 aromatic heterocycles. The third-order valence-electron chi connectivity index (χ3n) is 4.18. The molecule has 0 heterocycles. The van der Waals surface area contributed by atoms with Crippen LogP contribution in [0.4, 0.5) is 4.79 Å². The smallest absolute Gasteiger partial charge is 0.407 e. The molecule has 0 aliphatic heterocycles. The number of likely N-dealkylation sites (N-methyl/N-ethyl adjacent to an activating group) is 1. The van der Waals surface area contributed by atoms with Crippen LogP contribution in [0.3, 0.4) is 0 Å². The van der Waals surface area contributed by atoms with Crippen molar-refractivity contribution in [2.45, 2.75) is 31.8 Å². The maximum atomic E-state index is 12.6. The lowest BCUT2D eigenvalue weighted by Gasteiger charge is -2.24. The Morgan fingerprint density at radius 3 is 2.43 bits per heavy atom. The molecule has 1 unspecified atom stereocenters. The molecule has 7 N–H and O–H groups in total. The second-order valence-electron chi connectivity index (χ2n) is 6.36. The number of benzene rings is 1. The Balaban J connectivity index is 2.69. The van der Waals surface area contributed by atoms with Crippen molar-refractivity contribution in [1.29, 1.82) is 5.41 Å². The highest BCUT2D eigenvalue weighted by Gasteiger charge is 2.22. The first kappa shape index (κ1) is 22.7. The van der Waals surface area contributed by atoms with Gasteiger partial charge in [-0.1, -0.05) is 18.2 Å². The summed E-state index contributed by atoms with van der Waals surface area (Å²) in [4.78, 5) is 37.0. The van der Waals surface area contributed by atoms with Crippen LogP contribution in [0.25, 0.3) is 0 Å². The molecule has 1 aromatic carbocycles. The number of guanidine groups is 1. The molecule has 0 saturated carbocycles. The van der Waals surface area contributed by atoms with Crippen molar-refractivity contribution in [2.75, 3.05) is 20.1 Å². The minimum atomic E-state index is -1.09. The van der Waals surface area contributed by atoms with Crippen LogP contribution < -0.4 is 21.7 Å². The molecule has 0 spiro atoms. The Morgan fingerprint density at radius 1 is 1.21 bits per heavy atom. The van der Waals surface area contributed by atoms with Crippen molar-refractivity contribution in [1.82, 2.24) is 20.9 Å². The predicted octanol–water partition coefficient (Wildman–Crippen LogP) is 0.163. The summed E-state index contributed by atoms with van der Waals surface area (Å²) in [6.45, 7) is 2.17. The second kappa shape index (κ2) is 11.4. The van der Waals surface area contributed by atoms with Gasteiger partial charge in [0.15, 0.2) is 5.96 Å². The summed E-state index contributed by atoms with van der Waals surface area (Å²) in [7, 11) is 1.42. The normalized spacial score (nSPS) is 12.4. The number of carboxylic acid groups (broad SMARTS) is 1. The molecule has 0 fully saturated rings. The summed E-state index contributed by atoms with van der Waals surface area (Å²) < 4.78 is 0. The first-order valence-corrected chi connectivity index (χ1v) is 8.89. The van der Waals surface area contributed by atoms with Crippen LogP contribution in [0.1, 0.15) is 30.1 Å². The van der Waals surface area contributed by atoms with Crippen LogP contribution >= 0.6 is 0 Å². The van der Waals surface area contributed by atoms with Crippen molar-refractivity contribution >= 4 is 23.9 Å². The van der Waals surface area contributed by atoms with E-state index in [1.807, 2.05) is 0 Å². The number of amides is 3. The van der Waals surface area contributed by atoms with Crippen molar-refractivity contribution < 1.29 is 19.5 Å². The van der Waals surface area contributed by atoms with Crippen LogP contribution in [0, 0.1) is 5.41 Å². The molecule has 10 nitrogen and oxygen atoms in total. The van der Waals surface area contributed by atoms with Crippen molar-refractivity contribution in [3.05, 3.63) is 35.9 Å². The minimum absolute atomic E-state index is 0.116. The highest BCUT2D eigenvalue weighted by molar-refractivity contribution is 5.97. The van der Waals surface area contributed by atoms with E-state index in [1.165, 1.54) is 7.05 Å². The molecule has 1 rings (SSSR count). The monoisotopic (exact) mass is 392 g/mol. The third kappa shape index (κ3) is 7.94. The number of nitrogens with zero attached hydrogens (tertiary/aromatic N) is 1. The number of hydrogen-bond donors (Lipinski definition) is 6. The van der Waals surface area contributed by atoms with Crippen LogP contribution in [-0.2, 0) is 4.79 Å². The van der Waals surface area contributed by atoms with E-state index in [9.17, 15) is 14.4 Å². The second-order valence-corrected chi connectivity index (χ2v) is 6.36. The molecule has 154 valence electrons. The molecular weight excluding hydrogens is 364 g/mol. The van der Waals surface area contributed by atoms with Crippen molar-refractivity contribution in [3.8, 4) is 0 Å². The Labute approximate surface area is 164 Å². The zero-order valence-electron chi connectivity index (χ0n) is 16.1. The molecule has 3 amide bonds. The van der Waals surface area contributed by atoms with Crippen LogP contribution in [0.5, 0.6) is 0 Å². The zero-order chi connectivity index (χ0) is 21.1. The van der Waals surface area contributed by atoms with E-state index < -0.39 is 24.1 Å². The van der Waals surface area contributed by atoms with Crippen LogP contribution in [0.2, 0.25) is 0 Å². The fourth-order valence-electron chi connectivity index (χ4n) is 2.33. The molecule has 0 aliphatic rings. The van der Waals surface area contributed by atoms with Gasteiger partial charge in [-0.15, -0.1) is 0 Å². The van der Waals surface area contributed by atoms with Crippen molar-refractivity contribution in [3.63, 3.8) is 0 Å². The molecule has 1 aromatic rings. The molecule has 0 radical (unpaired) electrons. The SMILES string of the molecule is CC(CNC(=O)[C@H](CCCNC(=N)N)NC(=O)c1ccccc1)N(C)C(=O)O. The van der Waals surface area contributed by atoms with Gasteiger partial charge in [-0.05, 0) is 31.9 Å². The Bertz CT molecular complexity index is 682. The third-order valence-corrected chi connectivity index (χ3v) is 4.18. The van der Waals surface area contributed by atoms with E-state index in [4.69, 9.17) is 16.2 Å². The van der Waals surface area contributed by atoms with E-state index in [0.717, 1.165) is 4.90 Å². The molecule has 28 heavy (non-hydrogen) atoms. The zero-order valence-corrected chi connectivity index (χ0v) is 16.1. The van der Waals surface area contributed by atoms with E-state index in [-0.39, 0.29) is 18.4 Å². The number of nitrogens with two attached hydrogens (primary N) is 1. The summed E-state index contributed by atoms with van der Waals surface area (Å²) in [5, 5.41) is 24.2. The molecule has 2 atom stereocenters. The van der Waals surface area contributed by atoms with Gasteiger partial charge in [0.25, 0.3) is 5.91 Å². The predicted molar refractivity (Wildman–Crippen MR) is 105 cm³/mol. The van der Waals surface area contributed by atoms with Crippen LogP contribution in [0.15, 0.2) is 30.3 Å². The van der Waals surface area contributed by atoms with E-state index in [2.05, 4.69) is 16.0 Å². The lowest BCUT2D eigenvalue weighted by Crippen LogP contribution is -2.50. The fourth-order valence-corrected chi connectivity index (χ4v) is 2.33. The van der Waals surface area contributed by atoms with Gasteiger partial charge >= 0.3 is 6.09 Å². The Kier molecular flexibility index (Phi) is 9.28. The average molecular weight is 392 g/mol. The quantitative estimate of drug-likeness (QED) is 0.189. The molecule has 10 heteroatoms. The fraction of sp³-hybridized carbons (Fsp3) is 0.444. The summed E-state index contributed by atoms with van der Waals surface area (Å²) in [5.74, 6) is -0.950. The van der Waals surface area contributed by atoms with Crippen LogP contribution in [-0.4, -0.2) is 66.1 Å². The largest absolute Gasteiger partial charge is 0.465 e. The Morgan fingerprint density at radius 2 is 1.86 bits per heavy atom. The van der Waals surface area contributed by atoms with Gasteiger partial charge in [0.05, 0.1) is 0 Å². The Hall–Kier alpha value is -3.30. The van der Waals surface area contributed by atoms with Gasteiger partial charge < -0.3 is 31.7 Å². The first-order chi connectivity index (χ1) is 13.2. The lowest BCUT2D eigenvalue weighted by molar-refractivity contribution is -0.123. The van der Waals surface area contributed by atoms with Gasteiger partial charge in [-0.3, -0.25) is 15.0 Å². The van der Waals surface area contributed by atoms with Gasteiger partial charge in [-0.2, -0.15) is 0 Å². The van der Waals surface area contributed by atoms with Gasteiger partial charge in [-0.25, -0.2) is 4.79 Å². The summed E-state index contributed by atoms with van der Waals surface area (Å²) in [5.41, 5.74) is 5.66. The summed E-state index contributed by atoms with van der Waals surface area (Å²) in [6.07, 6.45) is -0.267. The topological polar surface area (TPSA) is 161 Å². The number of rotatable bonds is 10. The molecular formula is C18H28N6O4. The van der Waals surface area contributed by atoms with E-state index >= 15 is 0 Å². The van der Waals surface area contributed by atoms with Gasteiger partial charge in [0, 0.05) is 31.7 Å². The summed E-state index contributed by atoms with van der Waals surface area (Å²) in [6, 6.07) is 7.30. The highest BCUT2D eigenvalue weighted by Crippen LogP contribution is 2.03. The molecule has 0 saturated heterocycles. The summed E-state index contributed by atoms with van der Waals surface area (Å²) >= 11 is 0. The number of carbonyl (C=O) groups excluding carboxylic acids is 2. The maximum absolute atomic E-state index is 12.6. The number of nitrogens with one attached hydrogen (secondary N) is 4. The number of carbonyl (C=O) groups is 3. The lowest BCUT2D eigenvalue weighted by atomic mass is 10.1. The minimum Gasteiger partial charge on any atom is -0.465 e. The van der Waals surface area contributed by atoms with E-state index in [1.54, 1.807) is 37.3 Å². The molecule has 0 aliphatic carbocycles. The van der Waals surface area contributed by atoms with Gasteiger partial charge in [0.1, 0.15) is 6.04 Å². The van der Waals surface area contributed by atoms with Gasteiger partial charge in [0.2, 0.25) is 5.91 Å². The van der Waals surface area contributed by atoms with Crippen molar-refractivity contribution in [2.24, 2.45) is 5.73 Å². The maximum Gasteiger partial charge on any atom is 0.407 e. The van der Waals surface area contributed by atoms with E-state index in [0.29, 0.717) is 24.9 Å².